The first-order valence-corrected chi connectivity index (χ1v) is 7.05. The van der Waals surface area contributed by atoms with Gasteiger partial charge in [-0.1, -0.05) is 18.2 Å². The fourth-order valence-corrected chi connectivity index (χ4v) is 2.89. The van der Waals surface area contributed by atoms with Gasteiger partial charge in [0.05, 0.1) is 11.1 Å². The third-order valence-electron chi connectivity index (χ3n) is 3.78. The van der Waals surface area contributed by atoms with Crippen LogP contribution in [0.4, 0.5) is 0 Å². The standard InChI is InChI=1S/C18H13NO3/c1-11(20)22-17-6-2-5-16-18(17)13-7-8-15-12(4-3-9-19-15)14(13)10-21-16/h2-9H,10H2,1H3. The van der Waals surface area contributed by atoms with Crippen LogP contribution in [0.15, 0.2) is 48.7 Å². The minimum atomic E-state index is -0.344. The number of esters is 1. The second-order valence-electron chi connectivity index (χ2n) is 5.17. The summed E-state index contributed by atoms with van der Waals surface area (Å²) in [7, 11) is 0. The normalized spacial score (nSPS) is 12.2. The van der Waals surface area contributed by atoms with Gasteiger partial charge in [-0.15, -0.1) is 0 Å². The molecule has 0 atom stereocenters. The van der Waals surface area contributed by atoms with E-state index >= 15 is 0 Å². The number of hydrogen-bond acceptors (Lipinski definition) is 4. The summed E-state index contributed by atoms with van der Waals surface area (Å²) in [6, 6.07) is 13.4. The van der Waals surface area contributed by atoms with Crippen molar-refractivity contribution in [3.8, 4) is 22.6 Å². The maximum Gasteiger partial charge on any atom is 0.308 e. The lowest BCUT2D eigenvalue weighted by atomic mass is 9.93. The molecular formula is C18H13NO3. The van der Waals surface area contributed by atoms with Gasteiger partial charge in [0.15, 0.2) is 0 Å². The van der Waals surface area contributed by atoms with Gasteiger partial charge in [-0.2, -0.15) is 0 Å². The zero-order valence-corrected chi connectivity index (χ0v) is 12.0. The summed E-state index contributed by atoms with van der Waals surface area (Å²) in [6.07, 6.45) is 1.77. The SMILES string of the molecule is CC(=O)Oc1cccc2c1-c1ccc3ncccc3c1CO2. The van der Waals surface area contributed by atoms with E-state index in [4.69, 9.17) is 9.47 Å². The number of ether oxygens (including phenoxy) is 2. The minimum absolute atomic E-state index is 0.344. The van der Waals surface area contributed by atoms with E-state index in [1.54, 1.807) is 12.3 Å². The van der Waals surface area contributed by atoms with Gasteiger partial charge in [0.2, 0.25) is 0 Å². The summed E-state index contributed by atoms with van der Waals surface area (Å²) in [5, 5.41) is 1.06. The lowest BCUT2D eigenvalue weighted by molar-refractivity contribution is -0.131. The minimum Gasteiger partial charge on any atom is -0.488 e. The van der Waals surface area contributed by atoms with Gasteiger partial charge in [0.1, 0.15) is 18.1 Å². The average Bonchev–Trinajstić information content (AvgIpc) is 2.53. The molecule has 4 rings (SSSR count). The highest BCUT2D eigenvalue weighted by Crippen LogP contribution is 2.45. The number of hydrogen-bond donors (Lipinski definition) is 0. The molecule has 4 nitrogen and oxygen atoms in total. The lowest BCUT2D eigenvalue weighted by Gasteiger charge is -2.23. The number of rotatable bonds is 1. The summed E-state index contributed by atoms with van der Waals surface area (Å²) in [4.78, 5) is 15.7. The second kappa shape index (κ2) is 4.84. The third kappa shape index (κ3) is 1.92. The molecule has 0 N–H and O–H groups in total. The Morgan fingerprint density at radius 3 is 2.95 bits per heavy atom. The van der Waals surface area contributed by atoms with E-state index in [-0.39, 0.29) is 5.97 Å². The first-order chi connectivity index (χ1) is 10.7. The first-order valence-electron chi connectivity index (χ1n) is 7.05. The van der Waals surface area contributed by atoms with Crippen LogP contribution in [0.2, 0.25) is 0 Å². The lowest BCUT2D eigenvalue weighted by Crippen LogP contribution is -2.09. The molecule has 0 amide bonds. The number of carbonyl (C=O) groups is 1. The Hall–Kier alpha value is -2.88. The Bertz CT molecular complexity index is 902. The summed E-state index contributed by atoms with van der Waals surface area (Å²) in [5.41, 5.74) is 3.85. The van der Waals surface area contributed by atoms with E-state index < -0.39 is 0 Å². The Morgan fingerprint density at radius 1 is 1.18 bits per heavy atom. The molecule has 4 heteroatoms. The van der Waals surface area contributed by atoms with Crippen molar-refractivity contribution in [2.75, 3.05) is 0 Å². The van der Waals surface area contributed by atoms with Crippen LogP contribution in [-0.2, 0) is 11.4 Å². The molecule has 0 radical (unpaired) electrons. The summed E-state index contributed by atoms with van der Waals surface area (Å²) < 4.78 is 11.2. The van der Waals surface area contributed by atoms with Crippen molar-refractivity contribution in [1.82, 2.24) is 4.98 Å². The molecule has 3 aromatic rings. The fraction of sp³-hybridized carbons (Fsp3) is 0.111. The topological polar surface area (TPSA) is 48.4 Å². The van der Waals surface area contributed by atoms with Crippen LogP contribution in [0.5, 0.6) is 11.5 Å². The van der Waals surface area contributed by atoms with Gasteiger partial charge in [0.25, 0.3) is 0 Å². The van der Waals surface area contributed by atoms with Gasteiger partial charge >= 0.3 is 5.97 Å². The maximum atomic E-state index is 11.4. The molecule has 0 spiro atoms. The molecule has 0 saturated heterocycles. The largest absolute Gasteiger partial charge is 0.488 e. The fourth-order valence-electron chi connectivity index (χ4n) is 2.89. The van der Waals surface area contributed by atoms with Gasteiger partial charge < -0.3 is 9.47 Å². The van der Waals surface area contributed by atoms with Crippen LogP contribution in [-0.4, -0.2) is 11.0 Å². The molecule has 0 aliphatic carbocycles. The number of nitrogens with zero attached hydrogens (tertiary/aromatic N) is 1. The monoisotopic (exact) mass is 291 g/mol. The molecule has 108 valence electrons. The first kappa shape index (κ1) is 12.8. The van der Waals surface area contributed by atoms with Crippen molar-refractivity contribution < 1.29 is 14.3 Å². The molecule has 1 aliphatic rings. The van der Waals surface area contributed by atoms with E-state index in [0.717, 1.165) is 33.3 Å². The number of pyridine rings is 1. The summed E-state index contributed by atoms with van der Waals surface area (Å²) in [5.74, 6) is 0.909. The van der Waals surface area contributed by atoms with Crippen molar-refractivity contribution in [3.05, 3.63) is 54.2 Å². The Kier molecular flexibility index (Phi) is 2.82. The van der Waals surface area contributed by atoms with Crippen LogP contribution in [0, 0.1) is 0 Å². The van der Waals surface area contributed by atoms with Gasteiger partial charge in [0, 0.05) is 24.1 Å². The number of fused-ring (bicyclic) bond motifs is 5. The van der Waals surface area contributed by atoms with Crippen LogP contribution >= 0.6 is 0 Å². The predicted octanol–water partition coefficient (Wildman–Crippen LogP) is 3.72. The van der Waals surface area contributed by atoms with Gasteiger partial charge in [-0.05, 0) is 29.8 Å². The molecule has 2 heterocycles. The molecular weight excluding hydrogens is 278 g/mol. The van der Waals surface area contributed by atoms with Crippen LogP contribution in [0.1, 0.15) is 12.5 Å². The molecule has 22 heavy (non-hydrogen) atoms. The van der Waals surface area contributed by atoms with Crippen molar-refractivity contribution in [3.63, 3.8) is 0 Å². The Labute approximate surface area is 127 Å². The molecule has 2 aromatic carbocycles. The summed E-state index contributed by atoms with van der Waals surface area (Å²) >= 11 is 0. The Morgan fingerprint density at radius 2 is 2.09 bits per heavy atom. The molecule has 1 aliphatic heterocycles. The van der Waals surface area contributed by atoms with Crippen LogP contribution < -0.4 is 9.47 Å². The average molecular weight is 291 g/mol. The molecule has 0 bridgehead atoms. The highest BCUT2D eigenvalue weighted by Gasteiger charge is 2.23. The van der Waals surface area contributed by atoms with E-state index in [2.05, 4.69) is 4.98 Å². The van der Waals surface area contributed by atoms with E-state index in [1.807, 2.05) is 36.4 Å². The van der Waals surface area contributed by atoms with Crippen molar-refractivity contribution in [2.45, 2.75) is 13.5 Å². The number of benzene rings is 2. The third-order valence-corrected chi connectivity index (χ3v) is 3.78. The zero-order valence-electron chi connectivity index (χ0n) is 12.0. The van der Waals surface area contributed by atoms with E-state index in [0.29, 0.717) is 12.4 Å². The highest BCUT2D eigenvalue weighted by atomic mass is 16.5. The molecule has 0 fully saturated rings. The van der Waals surface area contributed by atoms with Crippen molar-refractivity contribution in [2.24, 2.45) is 0 Å². The highest BCUT2D eigenvalue weighted by molar-refractivity contribution is 5.93. The van der Waals surface area contributed by atoms with Crippen molar-refractivity contribution in [1.29, 1.82) is 0 Å². The maximum absolute atomic E-state index is 11.4. The van der Waals surface area contributed by atoms with Gasteiger partial charge in [-0.25, -0.2) is 0 Å². The van der Waals surface area contributed by atoms with Crippen LogP contribution in [0.25, 0.3) is 22.0 Å². The predicted molar refractivity (Wildman–Crippen MR) is 82.8 cm³/mol. The molecule has 0 unspecified atom stereocenters. The smallest absolute Gasteiger partial charge is 0.308 e. The number of carbonyl (C=O) groups excluding carboxylic acids is 1. The van der Waals surface area contributed by atoms with Gasteiger partial charge in [-0.3, -0.25) is 9.78 Å². The van der Waals surface area contributed by atoms with E-state index in [9.17, 15) is 4.79 Å². The van der Waals surface area contributed by atoms with Crippen molar-refractivity contribution >= 4 is 16.9 Å². The van der Waals surface area contributed by atoms with E-state index in [1.165, 1.54) is 6.92 Å². The quantitative estimate of drug-likeness (QED) is 0.506. The molecule has 1 aromatic heterocycles. The summed E-state index contributed by atoms with van der Waals surface area (Å²) in [6.45, 7) is 1.88. The zero-order chi connectivity index (χ0) is 15.1. The second-order valence-corrected chi connectivity index (χ2v) is 5.17. The van der Waals surface area contributed by atoms with Crippen LogP contribution in [0.3, 0.4) is 0 Å². The molecule has 0 saturated carbocycles. The number of aromatic nitrogens is 1. The Balaban J connectivity index is 2.00.